The lowest BCUT2D eigenvalue weighted by Crippen LogP contribution is -2.57. The van der Waals surface area contributed by atoms with Gasteiger partial charge in [-0.2, -0.15) is 0 Å². The molecule has 2 aromatic rings. The van der Waals surface area contributed by atoms with Crippen molar-refractivity contribution in [1.82, 2.24) is 25.4 Å². The zero-order chi connectivity index (χ0) is 37.2. The summed E-state index contributed by atoms with van der Waals surface area (Å²) in [6.45, 7) is 4.10. The number of terminal acetylenes is 2. The summed E-state index contributed by atoms with van der Waals surface area (Å²) < 4.78 is 0. The van der Waals surface area contributed by atoms with Gasteiger partial charge in [-0.15, -0.1) is 30.1 Å². The Morgan fingerprint density at radius 2 is 1.76 bits per heavy atom. The molecule has 4 N–H and O–H groups in total. The quantitative estimate of drug-likeness (QED) is 0.113. The van der Waals surface area contributed by atoms with Crippen LogP contribution >= 0.6 is 11.3 Å². The summed E-state index contributed by atoms with van der Waals surface area (Å²) in [5.41, 5.74) is 2.95. The molecule has 3 amide bonds. The van der Waals surface area contributed by atoms with E-state index in [-0.39, 0.29) is 31.1 Å². The maximum atomic E-state index is 14.4. The summed E-state index contributed by atoms with van der Waals surface area (Å²) in [6.07, 6.45) is 16.3. The second-order valence-corrected chi connectivity index (χ2v) is 14.6. The number of aliphatic hydroxyl groups is 2. The summed E-state index contributed by atoms with van der Waals surface area (Å²) in [5.74, 6) is 2.53. The number of amides is 3. The molecule has 51 heavy (non-hydrogen) atoms. The number of thiazole rings is 1. The van der Waals surface area contributed by atoms with Gasteiger partial charge >= 0.3 is 0 Å². The van der Waals surface area contributed by atoms with Gasteiger partial charge in [0.05, 0.1) is 41.3 Å². The van der Waals surface area contributed by atoms with Crippen LogP contribution in [0.5, 0.6) is 0 Å². The van der Waals surface area contributed by atoms with E-state index < -0.39 is 47.9 Å². The van der Waals surface area contributed by atoms with E-state index in [0.717, 1.165) is 44.2 Å². The van der Waals surface area contributed by atoms with Crippen molar-refractivity contribution in [3.05, 3.63) is 52.5 Å². The number of likely N-dealkylation sites (N-methyl/N-ethyl adjacent to an activating group) is 2. The first-order chi connectivity index (χ1) is 24.6. The molecule has 4 unspecified atom stereocenters. The summed E-state index contributed by atoms with van der Waals surface area (Å²) in [4.78, 5) is 50.2. The van der Waals surface area contributed by atoms with Gasteiger partial charge in [0.25, 0.3) is 0 Å². The average molecular weight is 720 g/mol. The lowest BCUT2D eigenvalue weighted by atomic mass is 9.82. The van der Waals surface area contributed by atoms with E-state index in [1.165, 1.54) is 11.3 Å². The van der Waals surface area contributed by atoms with E-state index in [2.05, 4.69) is 32.4 Å². The van der Waals surface area contributed by atoms with Crippen molar-refractivity contribution in [3.8, 4) is 24.7 Å². The van der Waals surface area contributed by atoms with Crippen molar-refractivity contribution in [2.24, 2.45) is 11.8 Å². The maximum Gasteiger partial charge on any atom is 0.244 e. The molecule has 0 aliphatic heterocycles. The van der Waals surface area contributed by atoms with Gasteiger partial charge < -0.3 is 30.6 Å². The van der Waals surface area contributed by atoms with Crippen molar-refractivity contribution in [2.45, 2.75) is 108 Å². The lowest BCUT2D eigenvalue weighted by molar-refractivity contribution is -0.137. The largest absolute Gasteiger partial charge is 0.390 e. The molecule has 0 saturated heterocycles. The van der Waals surface area contributed by atoms with Gasteiger partial charge in [-0.3, -0.25) is 14.4 Å². The van der Waals surface area contributed by atoms with E-state index in [4.69, 9.17) is 12.8 Å². The summed E-state index contributed by atoms with van der Waals surface area (Å²) in [6, 6.07) is 7.41. The highest BCUT2D eigenvalue weighted by atomic mass is 32.1. The van der Waals surface area contributed by atoms with E-state index >= 15 is 0 Å². The fourth-order valence-corrected chi connectivity index (χ4v) is 7.21. The summed E-state index contributed by atoms with van der Waals surface area (Å²) >= 11 is 1.32. The van der Waals surface area contributed by atoms with E-state index in [9.17, 15) is 24.6 Å². The Kier molecular flexibility index (Phi) is 18.2. The average Bonchev–Trinajstić information content (AvgIpc) is 3.68. The number of carbonyl (C=O) groups excluding carboxylic acids is 3. The Bertz CT molecular complexity index is 1420. The highest BCUT2D eigenvalue weighted by Crippen LogP contribution is 2.29. The van der Waals surface area contributed by atoms with Gasteiger partial charge in [-0.1, -0.05) is 75.3 Å². The minimum absolute atomic E-state index is 0.0638. The molecular weight excluding hydrogens is 663 g/mol. The molecule has 11 heteroatoms. The monoisotopic (exact) mass is 719 g/mol. The molecule has 1 fully saturated rings. The molecule has 1 aromatic heterocycles. The van der Waals surface area contributed by atoms with Crippen molar-refractivity contribution >= 4 is 29.1 Å². The van der Waals surface area contributed by atoms with Gasteiger partial charge in [0.2, 0.25) is 17.7 Å². The Morgan fingerprint density at radius 3 is 2.39 bits per heavy atom. The van der Waals surface area contributed by atoms with Crippen LogP contribution in [0.15, 0.2) is 41.2 Å². The number of aromatic nitrogens is 1. The predicted octanol–water partition coefficient (Wildman–Crippen LogP) is 3.98. The van der Waals surface area contributed by atoms with Crippen LogP contribution in [-0.2, 0) is 20.8 Å². The SMILES string of the molecule is C#CCCCC(O)[C@H](O)C(CC1CCCCC1)NC(=O)[C@@H](NC(=O)C(CC(=O)N(C)CCN(C)CC)Cc1ccccc1)C(C#C)c1cscn1. The molecule has 278 valence electrons. The van der Waals surface area contributed by atoms with Gasteiger partial charge in [-0.25, -0.2) is 4.98 Å². The molecule has 1 aromatic carbocycles. The minimum atomic E-state index is -1.26. The van der Waals surface area contributed by atoms with Gasteiger partial charge in [0.1, 0.15) is 6.04 Å². The lowest BCUT2D eigenvalue weighted by Gasteiger charge is -2.34. The van der Waals surface area contributed by atoms with E-state index in [0.29, 0.717) is 38.0 Å². The number of nitrogens with zero attached hydrogens (tertiary/aromatic N) is 3. The van der Waals surface area contributed by atoms with Gasteiger partial charge in [0.15, 0.2) is 0 Å². The molecule has 0 radical (unpaired) electrons. The number of aliphatic hydroxyl groups excluding tert-OH is 2. The molecule has 1 aliphatic carbocycles. The third-order valence-electron chi connectivity index (χ3n) is 10.0. The molecule has 0 spiro atoms. The van der Waals surface area contributed by atoms with Gasteiger partial charge in [-0.05, 0) is 50.8 Å². The molecule has 10 nitrogen and oxygen atoms in total. The van der Waals surface area contributed by atoms with Crippen LogP contribution in [0.2, 0.25) is 0 Å². The Hall–Kier alpha value is -3.74. The van der Waals surface area contributed by atoms with Crippen molar-refractivity contribution < 1.29 is 24.6 Å². The van der Waals surface area contributed by atoms with Crippen molar-refractivity contribution in [3.63, 3.8) is 0 Å². The number of hydrogen-bond donors (Lipinski definition) is 4. The predicted molar refractivity (Wildman–Crippen MR) is 202 cm³/mol. The highest BCUT2D eigenvalue weighted by Gasteiger charge is 2.38. The highest BCUT2D eigenvalue weighted by molar-refractivity contribution is 7.07. The van der Waals surface area contributed by atoms with Crippen LogP contribution in [0.25, 0.3) is 0 Å². The molecule has 3 rings (SSSR count). The van der Waals surface area contributed by atoms with Crippen LogP contribution in [0.4, 0.5) is 0 Å². The van der Waals surface area contributed by atoms with E-state index in [1.807, 2.05) is 44.3 Å². The molecular formula is C40H57N5O5S. The second-order valence-electron chi connectivity index (χ2n) is 13.9. The molecule has 1 heterocycles. The summed E-state index contributed by atoms with van der Waals surface area (Å²) in [7, 11) is 3.72. The second kappa shape index (κ2) is 22.3. The van der Waals surface area contributed by atoms with Crippen LogP contribution in [0.1, 0.15) is 88.3 Å². The zero-order valence-electron chi connectivity index (χ0n) is 30.5. The topological polar surface area (TPSA) is 135 Å². The fraction of sp³-hybridized carbons (Fsp3) is 0.600. The van der Waals surface area contributed by atoms with Crippen LogP contribution in [0, 0.1) is 36.5 Å². The third-order valence-corrected chi connectivity index (χ3v) is 10.6. The van der Waals surface area contributed by atoms with Crippen LogP contribution in [-0.4, -0.2) is 101 Å². The number of carbonyl (C=O) groups is 3. The first-order valence-electron chi connectivity index (χ1n) is 18.3. The first kappa shape index (κ1) is 41.7. The van der Waals surface area contributed by atoms with Crippen LogP contribution in [0.3, 0.4) is 0 Å². The normalized spacial score (nSPS) is 16.9. The van der Waals surface area contributed by atoms with Crippen LogP contribution < -0.4 is 10.6 Å². The standard InChI is InChI=1S/C40H57N5O5S/c1-6-9-12-21-35(46)38(48)33(25-30-19-15-11-16-20-30)42-40(50)37(32(7-2)34-27-51-28-41-34)43-39(49)31(24-29-17-13-10-14-18-29)26-36(47)45(5)23-22-44(4)8-3/h1-2,10,13-14,17-18,27-28,30-33,35,37-38,46,48H,8-9,11-12,15-16,19-26H2,3-5H3,(H,42,50)(H,43,49)/t31?,32?,33?,35?,37-,38+/m0/s1. The Labute approximate surface area is 308 Å². The Morgan fingerprint density at radius 1 is 1.04 bits per heavy atom. The van der Waals surface area contributed by atoms with Gasteiger partial charge in [0, 0.05) is 38.4 Å². The molecule has 6 atom stereocenters. The fourth-order valence-electron chi connectivity index (χ4n) is 6.62. The molecule has 1 saturated carbocycles. The number of nitrogens with one attached hydrogen (secondary N) is 2. The number of benzene rings is 1. The number of unbranched alkanes of at least 4 members (excludes halogenated alkanes) is 1. The minimum Gasteiger partial charge on any atom is -0.390 e. The Balaban J connectivity index is 1.90. The summed E-state index contributed by atoms with van der Waals surface area (Å²) in [5, 5.41) is 30.0. The maximum absolute atomic E-state index is 14.4. The van der Waals surface area contributed by atoms with Crippen molar-refractivity contribution in [1.29, 1.82) is 0 Å². The zero-order valence-corrected chi connectivity index (χ0v) is 31.3. The number of hydrogen-bond acceptors (Lipinski definition) is 8. The first-order valence-corrected chi connectivity index (χ1v) is 19.2. The smallest absolute Gasteiger partial charge is 0.244 e. The van der Waals surface area contributed by atoms with E-state index in [1.54, 1.807) is 22.8 Å². The van der Waals surface area contributed by atoms with Crippen molar-refractivity contribution in [2.75, 3.05) is 33.7 Å². The third kappa shape index (κ3) is 13.7. The number of rotatable bonds is 21. The molecule has 0 bridgehead atoms. The molecule has 1 aliphatic rings.